The highest BCUT2D eigenvalue weighted by Crippen LogP contribution is 2.24. The summed E-state index contributed by atoms with van der Waals surface area (Å²) in [6.45, 7) is 3.49. The lowest BCUT2D eigenvalue weighted by atomic mass is 10.0. The fourth-order valence-corrected chi connectivity index (χ4v) is 4.10. The molecule has 0 unspecified atom stereocenters. The standard InChI is InChI=1S/C21H30FN3O2/c22-18-7-5-6-17(16-18)21(27)25(19-8-3-1-2-4-9-19)13-10-20(26)24-14-11-23-12-15-24/h5-7,16,19,23H,1-4,8-15H2. The summed E-state index contributed by atoms with van der Waals surface area (Å²) in [5, 5.41) is 3.24. The van der Waals surface area contributed by atoms with E-state index in [1.165, 1.54) is 25.0 Å². The number of halogens is 1. The van der Waals surface area contributed by atoms with E-state index in [0.717, 1.165) is 51.9 Å². The molecule has 0 atom stereocenters. The van der Waals surface area contributed by atoms with Crippen LogP contribution in [0.25, 0.3) is 0 Å². The highest BCUT2D eigenvalue weighted by atomic mass is 19.1. The molecule has 1 heterocycles. The molecule has 1 aromatic carbocycles. The van der Waals surface area contributed by atoms with Gasteiger partial charge >= 0.3 is 0 Å². The van der Waals surface area contributed by atoms with Crippen molar-refractivity contribution in [2.24, 2.45) is 0 Å². The van der Waals surface area contributed by atoms with Crippen LogP contribution in [0, 0.1) is 5.82 Å². The van der Waals surface area contributed by atoms with Gasteiger partial charge < -0.3 is 15.1 Å². The Kier molecular flexibility index (Phi) is 7.21. The van der Waals surface area contributed by atoms with Crippen LogP contribution in [0.15, 0.2) is 24.3 Å². The summed E-state index contributed by atoms with van der Waals surface area (Å²) in [6, 6.07) is 6.01. The Hall–Kier alpha value is -1.95. The van der Waals surface area contributed by atoms with Gasteiger partial charge in [0.05, 0.1) is 0 Å². The van der Waals surface area contributed by atoms with E-state index in [-0.39, 0.29) is 17.9 Å². The van der Waals surface area contributed by atoms with Gasteiger partial charge in [-0.2, -0.15) is 0 Å². The number of hydrogen-bond acceptors (Lipinski definition) is 3. The molecule has 0 bridgehead atoms. The molecule has 3 rings (SSSR count). The van der Waals surface area contributed by atoms with E-state index >= 15 is 0 Å². The Morgan fingerprint density at radius 2 is 1.81 bits per heavy atom. The molecule has 6 heteroatoms. The summed E-state index contributed by atoms with van der Waals surface area (Å²) in [5.41, 5.74) is 0.369. The van der Waals surface area contributed by atoms with Gasteiger partial charge in [-0.15, -0.1) is 0 Å². The van der Waals surface area contributed by atoms with Gasteiger partial charge in [-0.3, -0.25) is 9.59 Å². The molecule has 1 N–H and O–H groups in total. The van der Waals surface area contributed by atoms with Crippen molar-refractivity contribution in [3.8, 4) is 0 Å². The molecule has 0 spiro atoms. The summed E-state index contributed by atoms with van der Waals surface area (Å²) >= 11 is 0. The Balaban J connectivity index is 1.70. The number of rotatable bonds is 5. The van der Waals surface area contributed by atoms with Gasteiger partial charge in [-0.25, -0.2) is 4.39 Å². The molecule has 0 radical (unpaired) electrons. The topological polar surface area (TPSA) is 52.7 Å². The number of carbonyl (C=O) groups is 2. The number of benzene rings is 1. The second kappa shape index (κ2) is 9.83. The first kappa shape index (κ1) is 19.8. The zero-order valence-electron chi connectivity index (χ0n) is 16.0. The second-order valence-electron chi connectivity index (χ2n) is 7.54. The maximum Gasteiger partial charge on any atom is 0.254 e. The normalized spacial score (nSPS) is 18.8. The van der Waals surface area contributed by atoms with Crippen molar-refractivity contribution in [3.63, 3.8) is 0 Å². The van der Waals surface area contributed by atoms with Crippen LogP contribution in [-0.2, 0) is 4.79 Å². The van der Waals surface area contributed by atoms with Gasteiger partial charge in [0.25, 0.3) is 5.91 Å². The molecule has 2 fully saturated rings. The van der Waals surface area contributed by atoms with Gasteiger partial charge in [-0.05, 0) is 31.0 Å². The van der Waals surface area contributed by atoms with E-state index in [1.807, 2.05) is 9.80 Å². The zero-order chi connectivity index (χ0) is 19.1. The third kappa shape index (κ3) is 5.51. The third-order valence-electron chi connectivity index (χ3n) is 5.63. The Morgan fingerprint density at radius 3 is 2.48 bits per heavy atom. The van der Waals surface area contributed by atoms with Gasteiger partial charge in [0, 0.05) is 50.7 Å². The SMILES string of the molecule is O=C(CCN(C(=O)c1cccc(F)c1)C1CCCCCC1)N1CCNCC1. The lowest BCUT2D eigenvalue weighted by Gasteiger charge is -2.33. The van der Waals surface area contributed by atoms with Gasteiger partial charge in [0.2, 0.25) is 5.91 Å². The van der Waals surface area contributed by atoms with Crippen molar-refractivity contribution in [1.29, 1.82) is 0 Å². The van der Waals surface area contributed by atoms with Crippen LogP contribution in [0.1, 0.15) is 55.3 Å². The lowest BCUT2D eigenvalue weighted by Crippen LogP contribution is -2.48. The molecule has 2 amide bonds. The van der Waals surface area contributed by atoms with Crippen LogP contribution in [0.3, 0.4) is 0 Å². The predicted molar refractivity (Wildman–Crippen MR) is 103 cm³/mol. The summed E-state index contributed by atoms with van der Waals surface area (Å²) in [7, 11) is 0. The van der Waals surface area contributed by atoms with Gasteiger partial charge in [0.15, 0.2) is 0 Å². The van der Waals surface area contributed by atoms with Crippen LogP contribution in [0.4, 0.5) is 4.39 Å². The van der Waals surface area contributed by atoms with Gasteiger partial charge in [0.1, 0.15) is 5.82 Å². The van der Waals surface area contributed by atoms with Crippen molar-refractivity contribution in [3.05, 3.63) is 35.6 Å². The van der Waals surface area contributed by atoms with Crippen molar-refractivity contribution >= 4 is 11.8 Å². The van der Waals surface area contributed by atoms with Crippen molar-refractivity contribution in [2.45, 2.75) is 51.0 Å². The molecule has 2 aliphatic rings. The Labute approximate surface area is 160 Å². The van der Waals surface area contributed by atoms with E-state index in [2.05, 4.69) is 5.32 Å². The van der Waals surface area contributed by atoms with E-state index in [1.54, 1.807) is 12.1 Å². The minimum Gasteiger partial charge on any atom is -0.340 e. The molecule has 1 aliphatic heterocycles. The number of carbonyl (C=O) groups excluding carboxylic acids is 2. The number of piperazine rings is 1. The van der Waals surface area contributed by atoms with E-state index in [9.17, 15) is 14.0 Å². The molecular formula is C21H30FN3O2. The first-order valence-electron chi connectivity index (χ1n) is 10.2. The van der Waals surface area contributed by atoms with Crippen LogP contribution in [-0.4, -0.2) is 60.4 Å². The van der Waals surface area contributed by atoms with Gasteiger partial charge in [-0.1, -0.05) is 31.7 Å². The van der Waals surface area contributed by atoms with E-state index < -0.39 is 5.82 Å². The quantitative estimate of drug-likeness (QED) is 0.805. The average Bonchev–Trinajstić information content (AvgIpc) is 2.98. The minimum atomic E-state index is -0.404. The highest BCUT2D eigenvalue weighted by Gasteiger charge is 2.27. The first-order chi connectivity index (χ1) is 13.1. The lowest BCUT2D eigenvalue weighted by molar-refractivity contribution is -0.132. The molecule has 5 nitrogen and oxygen atoms in total. The Morgan fingerprint density at radius 1 is 1.11 bits per heavy atom. The highest BCUT2D eigenvalue weighted by molar-refractivity contribution is 5.94. The van der Waals surface area contributed by atoms with Crippen LogP contribution in [0.5, 0.6) is 0 Å². The van der Waals surface area contributed by atoms with Crippen LogP contribution in [0.2, 0.25) is 0 Å². The molecule has 1 aliphatic carbocycles. The maximum atomic E-state index is 13.6. The summed E-state index contributed by atoms with van der Waals surface area (Å²) < 4.78 is 13.6. The maximum absolute atomic E-state index is 13.6. The monoisotopic (exact) mass is 375 g/mol. The summed E-state index contributed by atoms with van der Waals surface area (Å²) in [5.74, 6) is -0.463. The average molecular weight is 375 g/mol. The molecule has 1 aromatic rings. The largest absolute Gasteiger partial charge is 0.340 e. The smallest absolute Gasteiger partial charge is 0.254 e. The first-order valence-corrected chi connectivity index (χ1v) is 10.2. The van der Waals surface area contributed by atoms with Crippen molar-refractivity contribution < 1.29 is 14.0 Å². The number of nitrogens with one attached hydrogen (secondary N) is 1. The van der Waals surface area contributed by atoms with E-state index in [4.69, 9.17) is 0 Å². The Bertz CT molecular complexity index is 638. The molecular weight excluding hydrogens is 345 g/mol. The van der Waals surface area contributed by atoms with Crippen LogP contribution < -0.4 is 5.32 Å². The van der Waals surface area contributed by atoms with E-state index in [0.29, 0.717) is 18.5 Å². The molecule has 27 heavy (non-hydrogen) atoms. The number of amides is 2. The number of nitrogens with zero attached hydrogens (tertiary/aromatic N) is 2. The molecule has 1 saturated heterocycles. The molecule has 0 aromatic heterocycles. The number of hydrogen-bond donors (Lipinski definition) is 1. The fraction of sp³-hybridized carbons (Fsp3) is 0.619. The minimum absolute atomic E-state index is 0.0992. The summed E-state index contributed by atoms with van der Waals surface area (Å²) in [4.78, 5) is 29.4. The predicted octanol–water partition coefficient (Wildman–Crippen LogP) is 2.81. The van der Waals surface area contributed by atoms with Crippen molar-refractivity contribution in [2.75, 3.05) is 32.7 Å². The molecule has 148 valence electrons. The van der Waals surface area contributed by atoms with Crippen LogP contribution >= 0.6 is 0 Å². The summed E-state index contributed by atoms with van der Waals surface area (Å²) in [6.07, 6.45) is 6.84. The second-order valence-corrected chi connectivity index (χ2v) is 7.54. The zero-order valence-corrected chi connectivity index (χ0v) is 16.0. The third-order valence-corrected chi connectivity index (χ3v) is 5.63. The fourth-order valence-electron chi connectivity index (χ4n) is 4.10. The molecule has 1 saturated carbocycles. The van der Waals surface area contributed by atoms with Crippen molar-refractivity contribution in [1.82, 2.24) is 15.1 Å².